The minimum Gasteiger partial charge on any atom is -0.497 e. The first-order valence-electron chi connectivity index (χ1n) is 12.3. The van der Waals surface area contributed by atoms with Crippen molar-refractivity contribution in [2.75, 3.05) is 44.6 Å². The summed E-state index contributed by atoms with van der Waals surface area (Å²) in [5.41, 5.74) is 2.88. The molecule has 1 aromatic heterocycles. The SMILES string of the molecule is CCl.COc1ccc(C(=O)N2CCN(c3c(C#N)c(=O)n(Cc4ccccc4)c4ccccc34)CC2)cc1.N. The molecule has 3 N–H and O–H groups in total. The first-order valence-corrected chi connectivity index (χ1v) is 13.0. The molecular formula is C30H32ClN5O3. The molecule has 0 bridgehead atoms. The lowest BCUT2D eigenvalue weighted by molar-refractivity contribution is 0.0747. The van der Waals surface area contributed by atoms with E-state index in [0.717, 1.165) is 16.5 Å². The summed E-state index contributed by atoms with van der Waals surface area (Å²) in [4.78, 5) is 30.4. The molecule has 1 aliphatic heterocycles. The number of fused-ring (bicyclic) bond motifs is 1. The van der Waals surface area contributed by atoms with Gasteiger partial charge >= 0.3 is 0 Å². The van der Waals surface area contributed by atoms with Crippen LogP contribution >= 0.6 is 11.6 Å². The van der Waals surface area contributed by atoms with Gasteiger partial charge in [0.15, 0.2) is 0 Å². The lowest BCUT2D eigenvalue weighted by Gasteiger charge is -2.37. The predicted octanol–water partition coefficient (Wildman–Crippen LogP) is 4.91. The van der Waals surface area contributed by atoms with Crippen LogP contribution in [0.5, 0.6) is 5.75 Å². The fourth-order valence-electron chi connectivity index (χ4n) is 4.79. The van der Waals surface area contributed by atoms with Crippen LogP contribution in [0.25, 0.3) is 10.9 Å². The number of amides is 1. The number of methoxy groups -OCH3 is 1. The second-order valence-electron chi connectivity index (χ2n) is 8.74. The Labute approximate surface area is 233 Å². The van der Waals surface area contributed by atoms with E-state index in [1.807, 2.05) is 59.5 Å². The van der Waals surface area contributed by atoms with Gasteiger partial charge in [-0.05, 0) is 35.9 Å². The molecular weight excluding hydrogens is 514 g/mol. The van der Waals surface area contributed by atoms with Gasteiger partial charge in [-0.15, -0.1) is 11.6 Å². The molecule has 2 heterocycles. The first kappa shape index (κ1) is 29.2. The van der Waals surface area contributed by atoms with E-state index in [-0.39, 0.29) is 23.2 Å². The maximum atomic E-state index is 13.5. The molecule has 0 saturated carbocycles. The molecule has 1 amide bonds. The normalized spacial score (nSPS) is 12.6. The summed E-state index contributed by atoms with van der Waals surface area (Å²) in [6, 6.07) is 26.7. The molecule has 5 rings (SSSR count). The molecule has 0 unspecified atom stereocenters. The number of hydrogen-bond donors (Lipinski definition) is 1. The number of anilines is 1. The fraction of sp³-hybridized carbons (Fsp3) is 0.233. The second-order valence-corrected chi connectivity index (χ2v) is 8.74. The highest BCUT2D eigenvalue weighted by Crippen LogP contribution is 2.30. The lowest BCUT2D eigenvalue weighted by Crippen LogP contribution is -2.49. The van der Waals surface area contributed by atoms with E-state index in [9.17, 15) is 14.9 Å². The maximum Gasteiger partial charge on any atom is 0.271 e. The second kappa shape index (κ2) is 13.5. The molecule has 9 heteroatoms. The number of carbonyl (C=O) groups excluding carboxylic acids is 1. The van der Waals surface area contributed by atoms with Crippen LogP contribution in [0.2, 0.25) is 0 Å². The van der Waals surface area contributed by atoms with Crippen LogP contribution in [0.15, 0.2) is 83.7 Å². The van der Waals surface area contributed by atoms with Gasteiger partial charge in [0, 0.05) is 43.5 Å². The zero-order valence-electron chi connectivity index (χ0n) is 22.1. The average Bonchev–Trinajstić information content (AvgIpc) is 2.99. The summed E-state index contributed by atoms with van der Waals surface area (Å²) in [6.07, 6.45) is 1.47. The molecule has 1 fully saturated rings. The number of benzene rings is 3. The number of ether oxygens (including phenoxy) is 1. The molecule has 0 atom stereocenters. The van der Waals surface area contributed by atoms with Gasteiger partial charge in [0.25, 0.3) is 11.5 Å². The highest BCUT2D eigenvalue weighted by atomic mass is 35.5. The molecule has 1 aliphatic rings. The van der Waals surface area contributed by atoms with E-state index in [4.69, 9.17) is 4.74 Å². The largest absolute Gasteiger partial charge is 0.497 e. The summed E-state index contributed by atoms with van der Waals surface area (Å²) < 4.78 is 6.86. The van der Waals surface area contributed by atoms with Gasteiger partial charge in [0.05, 0.1) is 24.9 Å². The topological polar surface area (TPSA) is 114 Å². The number of pyridine rings is 1. The zero-order chi connectivity index (χ0) is 27.1. The van der Waals surface area contributed by atoms with Gasteiger partial charge in [-0.1, -0.05) is 48.5 Å². The fourth-order valence-corrected chi connectivity index (χ4v) is 4.79. The molecule has 4 aromatic rings. The van der Waals surface area contributed by atoms with Gasteiger partial charge in [-0.2, -0.15) is 5.26 Å². The number of nitriles is 1. The van der Waals surface area contributed by atoms with Crippen molar-refractivity contribution in [3.63, 3.8) is 0 Å². The van der Waals surface area contributed by atoms with E-state index in [1.54, 1.807) is 35.9 Å². The summed E-state index contributed by atoms with van der Waals surface area (Å²) in [7, 11) is 1.59. The summed E-state index contributed by atoms with van der Waals surface area (Å²) >= 11 is 4.64. The molecule has 0 aliphatic carbocycles. The van der Waals surface area contributed by atoms with Gasteiger partial charge in [-0.25, -0.2) is 0 Å². The van der Waals surface area contributed by atoms with Crippen LogP contribution < -0.4 is 21.3 Å². The summed E-state index contributed by atoms with van der Waals surface area (Å²) in [6.45, 7) is 2.44. The quantitative estimate of drug-likeness (QED) is 0.356. The van der Waals surface area contributed by atoms with E-state index in [0.29, 0.717) is 49.7 Å². The van der Waals surface area contributed by atoms with E-state index in [2.05, 4.69) is 22.6 Å². The number of piperazine rings is 1. The Bertz CT molecular complexity index is 1510. The highest BCUT2D eigenvalue weighted by molar-refractivity contribution is 6.15. The number of aromatic nitrogens is 1. The number of halogens is 1. The van der Waals surface area contributed by atoms with Crippen molar-refractivity contribution in [1.29, 1.82) is 5.26 Å². The minimum atomic E-state index is -0.299. The van der Waals surface area contributed by atoms with Gasteiger partial charge in [0.1, 0.15) is 17.4 Å². The zero-order valence-corrected chi connectivity index (χ0v) is 22.9. The average molecular weight is 546 g/mol. The third-order valence-electron chi connectivity index (χ3n) is 6.66. The lowest BCUT2D eigenvalue weighted by atomic mass is 10.1. The summed E-state index contributed by atoms with van der Waals surface area (Å²) in [5, 5.41) is 10.9. The van der Waals surface area contributed by atoms with Crippen LogP contribution in [0.3, 0.4) is 0 Å². The molecule has 202 valence electrons. The number of para-hydroxylation sites is 1. The van der Waals surface area contributed by atoms with Crippen LogP contribution in [0, 0.1) is 11.3 Å². The molecule has 39 heavy (non-hydrogen) atoms. The molecule has 8 nitrogen and oxygen atoms in total. The minimum absolute atomic E-state index is 0. The van der Waals surface area contributed by atoms with Crippen molar-refractivity contribution in [2.45, 2.75) is 6.54 Å². The first-order chi connectivity index (χ1) is 18.6. The van der Waals surface area contributed by atoms with Crippen molar-refractivity contribution in [2.24, 2.45) is 0 Å². The van der Waals surface area contributed by atoms with Crippen LogP contribution in [-0.2, 0) is 6.54 Å². The number of alkyl halides is 1. The Balaban J connectivity index is 0.00000137. The molecule has 0 radical (unpaired) electrons. The van der Waals surface area contributed by atoms with Gasteiger partial charge in [-0.3, -0.25) is 9.59 Å². The number of nitrogens with zero attached hydrogens (tertiary/aromatic N) is 4. The van der Waals surface area contributed by atoms with Gasteiger partial charge < -0.3 is 25.3 Å². The van der Waals surface area contributed by atoms with Crippen molar-refractivity contribution in [1.82, 2.24) is 15.6 Å². The Kier molecular flexibility index (Phi) is 10.1. The third-order valence-corrected chi connectivity index (χ3v) is 6.66. The standard InChI is InChI=1S/C29H26N4O3.CH3Cl.H3N/c1-36-23-13-11-22(12-14-23)28(34)32-17-15-31(16-18-32)27-24-9-5-6-10-26(24)33(29(35)25(27)19-30)20-21-7-3-2-4-8-21;1-2;/h2-14H,15-18,20H2,1H3;1H3;1H3. The highest BCUT2D eigenvalue weighted by Gasteiger charge is 2.27. The van der Waals surface area contributed by atoms with E-state index < -0.39 is 0 Å². The van der Waals surface area contributed by atoms with Crippen molar-refractivity contribution in [3.05, 3.63) is 106 Å². The van der Waals surface area contributed by atoms with Crippen LogP contribution in [0.1, 0.15) is 21.5 Å². The molecule has 0 spiro atoms. The number of hydrogen-bond acceptors (Lipinski definition) is 6. The Hall–Kier alpha value is -4.32. The maximum absolute atomic E-state index is 13.5. The van der Waals surface area contributed by atoms with E-state index >= 15 is 0 Å². The van der Waals surface area contributed by atoms with Crippen molar-refractivity contribution < 1.29 is 9.53 Å². The van der Waals surface area contributed by atoms with Crippen LogP contribution in [-0.4, -0.2) is 55.0 Å². The molecule has 3 aromatic carbocycles. The van der Waals surface area contributed by atoms with Gasteiger partial charge in [0.2, 0.25) is 0 Å². The monoisotopic (exact) mass is 545 g/mol. The van der Waals surface area contributed by atoms with Crippen molar-refractivity contribution in [3.8, 4) is 11.8 Å². The summed E-state index contributed by atoms with van der Waals surface area (Å²) in [5.74, 6) is 0.662. The molecule has 1 saturated heterocycles. The number of carbonyl (C=O) groups is 1. The van der Waals surface area contributed by atoms with Crippen LogP contribution in [0.4, 0.5) is 5.69 Å². The predicted molar refractivity (Wildman–Crippen MR) is 156 cm³/mol. The Morgan fingerprint density at radius 1 is 0.923 bits per heavy atom. The smallest absolute Gasteiger partial charge is 0.271 e. The Morgan fingerprint density at radius 2 is 1.54 bits per heavy atom. The third kappa shape index (κ3) is 6.06. The number of rotatable bonds is 5. The van der Waals surface area contributed by atoms with Crippen molar-refractivity contribution >= 4 is 34.1 Å². The van der Waals surface area contributed by atoms with E-state index in [1.165, 1.54) is 6.38 Å². The Morgan fingerprint density at radius 3 is 2.15 bits per heavy atom.